The number of hydrogen-bond donors (Lipinski definition) is 1. The number of ether oxygens (including phenoxy) is 1. The summed E-state index contributed by atoms with van der Waals surface area (Å²) in [6.07, 6.45) is 2.70. The largest absolute Gasteiger partial charge is 0.464 e. The Morgan fingerprint density at radius 1 is 1.21 bits per heavy atom. The van der Waals surface area contributed by atoms with Crippen LogP contribution < -0.4 is 5.32 Å². The van der Waals surface area contributed by atoms with E-state index in [2.05, 4.69) is 40.6 Å². The summed E-state index contributed by atoms with van der Waals surface area (Å²) in [4.78, 5) is 14.9. The fraction of sp³-hybridized carbons (Fsp3) is 0.318. The van der Waals surface area contributed by atoms with Crippen LogP contribution in [0.3, 0.4) is 0 Å². The van der Waals surface area contributed by atoms with E-state index in [1.165, 1.54) is 5.56 Å². The first kappa shape index (κ1) is 18.4. The molecule has 1 aliphatic carbocycles. The van der Waals surface area contributed by atoms with Gasteiger partial charge < -0.3 is 14.6 Å². The van der Waals surface area contributed by atoms with Gasteiger partial charge in [-0.05, 0) is 42.5 Å². The normalized spacial score (nSPS) is 18.5. The van der Waals surface area contributed by atoms with Crippen LogP contribution in [0.2, 0.25) is 0 Å². The Morgan fingerprint density at radius 2 is 2.07 bits per heavy atom. The quantitative estimate of drug-likeness (QED) is 0.602. The Morgan fingerprint density at radius 3 is 2.89 bits per heavy atom. The Kier molecular flexibility index (Phi) is 5.48. The summed E-state index contributed by atoms with van der Waals surface area (Å²) in [5, 5.41) is 7.66. The van der Waals surface area contributed by atoms with Crippen molar-refractivity contribution in [3.05, 3.63) is 59.7 Å². The summed E-state index contributed by atoms with van der Waals surface area (Å²) < 4.78 is 10.5. The summed E-state index contributed by atoms with van der Waals surface area (Å²) in [7, 11) is 0. The van der Waals surface area contributed by atoms with Crippen LogP contribution in [-0.4, -0.2) is 28.8 Å². The molecule has 1 heterocycles. The number of benzene rings is 2. The molecule has 0 atom stereocenters. The molecule has 1 aliphatic rings. The summed E-state index contributed by atoms with van der Waals surface area (Å²) in [5.74, 6) is 1.14. The molecule has 0 amide bonds. The van der Waals surface area contributed by atoms with Crippen LogP contribution in [0.4, 0.5) is 0 Å². The van der Waals surface area contributed by atoms with Gasteiger partial charge in [-0.1, -0.05) is 48.5 Å². The lowest BCUT2D eigenvalue weighted by Crippen LogP contribution is -2.44. The number of aryl methyl sites for hydroxylation is 1. The standard InChI is InChI=1S/C22H23N3O3/c1-2-16-7-3-4-9-20(16)22-24-21(25-28-22)17-8-5-6-15(10-17)13-23-18-11-19(12-18)27-14-26/h3-10,14,18-19,23H,2,11-13H2,1H3. The zero-order valence-electron chi connectivity index (χ0n) is 15.8. The Bertz CT molecular complexity index is 947. The predicted octanol–water partition coefficient (Wildman–Crippen LogP) is 3.76. The maximum atomic E-state index is 10.3. The molecule has 144 valence electrons. The summed E-state index contributed by atoms with van der Waals surface area (Å²) in [6.45, 7) is 3.39. The van der Waals surface area contributed by atoms with Gasteiger partial charge in [-0.2, -0.15) is 4.98 Å². The molecular formula is C22H23N3O3. The number of carbonyl (C=O) groups excluding carboxylic acids is 1. The first-order valence-corrected chi connectivity index (χ1v) is 9.60. The van der Waals surface area contributed by atoms with Gasteiger partial charge in [-0.25, -0.2) is 0 Å². The molecular weight excluding hydrogens is 354 g/mol. The average Bonchev–Trinajstić information content (AvgIpc) is 3.20. The molecule has 28 heavy (non-hydrogen) atoms. The van der Waals surface area contributed by atoms with Gasteiger partial charge in [0, 0.05) is 23.7 Å². The Labute approximate surface area is 163 Å². The molecule has 0 bridgehead atoms. The van der Waals surface area contributed by atoms with Crippen molar-refractivity contribution in [2.24, 2.45) is 0 Å². The smallest absolute Gasteiger partial charge is 0.293 e. The fourth-order valence-electron chi connectivity index (χ4n) is 3.49. The highest BCUT2D eigenvalue weighted by molar-refractivity contribution is 5.62. The van der Waals surface area contributed by atoms with E-state index in [0.717, 1.165) is 42.5 Å². The topological polar surface area (TPSA) is 77.3 Å². The van der Waals surface area contributed by atoms with Gasteiger partial charge >= 0.3 is 0 Å². The van der Waals surface area contributed by atoms with Gasteiger partial charge in [0.1, 0.15) is 6.10 Å². The molecule has 1 aromatic heterocycles. The van der Waals surface area contributed by atoms with Crippen molar-refractivity contribution >= 4 is 6.47 Å². The molecule has 1 N–H and O–H groups in total. The van der Waals surface area contributed by atoms with E-state index in [1.807, 2.05) is 30.3 Å². The number of carbonyl (C=O) groups is 1. The average molecular weight is 377 g/mol. The molecule has 0 aliphatic heterocycles. The molecule has 1 fully saturated rings. The van der Waals surface area contributed by atoms with Crippen LogP contribution in [0.25, 0.3) is 22.8 Å². The van der Waals surface area contributed by atoms with Crippen molar-refractivity contribution in [1.82, 2.24) is 15.5 Å². The maximum Gasteiger partial charge on any atom is 0.293 e. The first-order chi connectivity index (χ1) is 13.8. The number of rotatable bonds is 8. The molecule has 0 saturated heterocycles. The highest BCUT2D eigenvalue weighted by Gasteiger charge is 2.29. The highest BCUT2D eigenvalue weighted by atomic mass is 16.5. The van der Waals surface area contributed by atoms with E-state index in [-0.39, 0.29) is 6.10 Å². The summed E-state index contributed by atoms with van der Waals surface area (Å²) in [5.41, 5.74) is 4.25. The SMILES string of the molecule is CCc1ccccc1-c1nc(-c2cccc(CNC3CC(OC=O)C3)c2)no1. The second-order valence-corrected chi connectivity index (χ2v) is 7.04. The van der Waals surface area contributed by atoms with Crippen LogP contribution in [-0.2, 0) is 22.5 Å². The van der Waals surface area contributed by atoms with Gasteiger partial charge in [0.2, 0.25) is 5.82 Å². The van der Waals surface area contributed by atoms with Crippen LogP contribution in [0, 0.1) is 0 Å². The molecule has 4 rings (SSSR count). The molecule has 0 spiro atoms. The number of hydrogen-bond acceptors (Lipinski definition) is 6. The van der Waals surface area contributed by atoms with Crippen molar-refractivity contribution in [2.75, 3.05) is 0 Å². The van der Waals surface area contributed by atoms with E-state index in [1.54, 1.807) is 0 Å². The van der Waals surface area contributed by atoms with Gasteiger partial charge in [0.25, 0.3) is 12.4 Å². The lowest BCUT2D eigenvalue weighted by molar-refractivity contribution is -0.138. The van der Waals surface area contributed by atoms with Crippen molar-refractivity contribution < 1.29 is 14.1 Å². The first-order valence-electron chi connectivity index (χ1n) is 9.60. The fourth-order valence-corrected chi connectivity index (χ4v) is 3.49. The van der Waals surface area contributed by atoms with Crippen molar-refractivity contribution in [1.29, 1.82) is 0 Å². The molecule has 1 saturated carbocycles. The molecule has 0 unspecified atom stereocenters. The van der Waals surface area contributed by atoms with E-state index in [0.29, 0.717) is 24.2 Å². The monoisotopic (exact) mass is 377 g/mol. The Hall–Kier alpha value is -2.99. The van der Waals surface area contributed by atoms with Gasteiger partial charge in [-0.15, -0.1) is 0 Å². The number of nitrogens with one attached hydrogen (secondary N) is 1. The van der Waals surface area contributed by atoms with Gasteiger partial charge in [0.15, 0.2) is 0 Å². The van der Waals surface area contributed by atoms with Crippen molar-refractivity contribution in [2.45, 2.75) is 44.9 Å². The van der Waals surface area contributed by atoms with Crippen molar-refractivity contribution in [3.63, 3.8) is 0 Å². The predicted molar refractivity (Wildman–Crippen MR) is 105 cm³/mol. The lowest BCUT2D eigenvalue weighted by Gasteiger charge is -2.34. The second kappa shape index (κ2) is 8.35. The van der Waals surface area contributed by atoms with Crippen LogP contribution >= 0.6 is 0 Å². The van der Waals surface area contributed by atoms with Gasteiger partial charge in [0.05, 0.1) is 0 Å². The highest BCUT2D eigenvalue weighted by Crippen LogP contribution is 2.26. The third-order valence-electron chi connectivity index (χ3n) is 5.18. The van der Waals surface area contributed by atoms with E-state index in [4.69, 9.17) is 9.26 Å². The Balaban J connectivity index is 1.43. The van der Waals surface area contributed by atoms with Crippen molar-refractivity contribution in [3.8, 4) is 22.8 Å². The van der Waals surface area contributed by atoms with E-state index < -0.39 is 0 Å². The zero-order chi connectivity index (χ0) is 19.3. The third kappa shape index (κ3) is 3.97. The maximum absolute atomic E-state index is 10.3. The summed E-state index contributed by atoms with van der Waals surface area (Å²) >= 11 is 0. The second-order valence-electron chi connectivity index (χ2n) is 7.04. The van der Waals surface area contributed by atoms with Crippen LogP contribution in [0.5, 0.6) is 0 Å². The minimum Gasteiger partial charge on any atom is -0.464 e. The van der Waals surface area contributed by atoms with Crippen LogP contribution in [0.1, 0.15) is 30.9 Å². The minimum absolute atomic E-state index is 0.0603. The number of aromatic nitrogens is 2. The lowest BCUT2D eigenvalue weighted by atomic mass is 9.89. The van der Waals surface area contributed by atoms with Crippen LogP contribution in [0.15, 0.2) is 53.1 Å². The van der Waals surface area contributed by atoms with E-state index >= 15 is 0 Å². The molecule has 3 aromatic rings. The zero-order valence-corrected chi connectivity index (χ0v) is 15.8. The molecule has 6 heteroatoms. The third-order valence-corrected chi connectivity index (χ3v) is 5.18. The van der Waals surface area contributed by atoms with Gasteiger partial charge in [-0.3, -0.25) is 4.79 Å². The number of nitrogens with zero attached hydrogens (tertiary/aromatic N) is 2. The molecule has 2 aromatic carbocycles. The molecule has 0 radical (unpaired) electrons. The minimum atomic E-state index is 0.0603. The summed E-state index contributed by atoms with van der Waals surface area (Å²) in [6, 6.07) is 16.6. The van der Waals surface area contributed by atoms with E-state index in [9.17, 15) is 4.79 Å². The molecule has 6 nitrogen and oxygen atoms in total.